The van der Waals surface area contributed by atoms with Crippen molar-refractivity contribution < 1.29 is 9.18 Å². The van der Waals surface area contributed by atoms with Crippen LogP contribution in [-0.2, 0) is 6.42 Å². The van der Waals surface area contributed by atoms with E-state index in [2.05, 4.69) is 4.98 Å². The number of ketones is 1. The minimum absolute atomic E-state index is 0.102. The minimum Gasteiger partial charge on any atom is -0.397 e. The maximum absolute atomic E-state index is 13.1. The van der Waals surface area contributed by atoms with E-state index < -0.39 is 0 Å². The molecular weight excluding hydrogens is 231 g/mol. The molecule has 1 aromatic carbocycles. The lowest BCUT2D eigenvalue weighted by atomic mass is 10.0. The number of hydrogen-bond donors (Lipinski definition) is 1. The van der Waals surface area contributed by atoms with E-state index in [1.807, 2.05) is 6.92 Å². The third-order valence-corrected chi connectivity index (χ3v) is 2.77. The number of nitrogens with zero attached hydrogens (tertiary/aromatic N) is 1. The van der Waals surface area contributed by atoms with Gasteiger partial charge in [0.15, 0.2) is 5.78 Å². The first-order chi connectivity index (χ1) is 8.58. The summed E-state index contributed by atoms with van der Waals surface area (Å²) in [6, 6.07) is 7.68. The van der Waals surface area contributed by atoms with Crippen LogP contribution in [0.4, 0.5) is 10.1 Å². The van der Waals surface area contributed by atoms with E-state index in [-0.39, 0.29) is 23.7 Å². The van der Waals surface area contributed by atoms with Crippen LogP contribution in [0.15, 0.2) is 36.5 Å². The number of aryl methyl sites for hydroxylation is 1. The predicted molar refractivity (Wildman–Crippen MR) is 67.8 cm³/mol. The molecule has 0 aliphatic heterocycles. The van der Waals surface area contributed by atoms with Gasteiger partial charge in [0.25, 0.3) is 0 Å². The molecule has 0 aliphatic carbocycles. The molecule has 1 aromatic heterocycles. The lowest BCUT2D eigenvalue weighted by Gasteiger charge is -2.06. The van der Waals surface area contributed by atoms with Gasteiger partial charge in [-0.2, -0.15) is 0 Å². The highest BCUT2D eigenvalue weighted by Crippen LogP contribution is 2.15. The summed E-state index contributed by atoms with van der Waals surface area (Å²) in [6.07, 6.45) is 1.62. The molecule has 0 saturated heterocycles. The summed E-state index contributed by atoms with van der Waals surface area (Å²) < 4.78 is 13.1. The molecule has 0 aliphatic rings. The molecule has 1 heterocycles. The number of aromatic nitrogens is 1. The molecule has 2 aromatic rings. The molecule has 0 spiro atoms. The summed E-state index contributed by atoms with van der Waals surface area (Å²) in [5.74, 6) is -0.556. The number of halogens is 1. The zero-order valence-corrected chi connectivity index (χ0v) is 9.98. The van der Waals surface area contributed by atoms with Gasteiger partial charge in [0.1, 0.15) is 11.5 Å². The number of pyridine rings is 1. The fraction of sp³-hybridized carbons (Fsp3) is 0.143. The SMILES string of the molecule is Cc1ccc(F)cc1CC(=O)c1ncccc1N. The molecule has 3 nitrogen and oxygen atoms in total. The highest BCUT2D eigenvalue weighted by Gasteiger charge is 2.13. The Balaban J connectivity index is 2.27. The van der Waals surface area contributed by atoms with E-state index in [1.54, 1.807) is 18.2 Å². The van der Waals surface area contributed by atoms with Gasteiger partial charge < -0.3 is 5.73 Å². The number of benzene rings is 1. The average molecular weight is 244 g/mol. The molecule has 0 saturated carbocycles. The van der Waals surface area contributed by atoms with Gasteiger partial charge in [-0.1, -0.05) is 6.07 Å². The molecule has 2 N–H and O–H groups in total. The van der Waals surface area contributed by atoms with Crippen LogP contribution in [0, 0.1) is 12.7 Å². The van der Waals surface area contributed by atoms with Crippen molar-refractivity contribution in [3.8, 4) is 0 Å². The second-order valence-electron chi connectivity index (χ2n) is 4.11. The molecule has 0 amide bonds. The van der Waals surface area contributed by atoms with Crippen LogP contribution in [0.5, 0.6) is 0 Å². The monoisotopic (exact) mass is 244 g/mol. The molecule has 92 valence electrons. The first-order valence-corrected chi connectivity index (χ1v) is 5.56. The summed E-state index contributed by atoms with van der Waals surface area (Å²) in [5, 5.41) is 0. The molecule has 2 rings (SSSR count). The number of nitrogen functional groups attached to an aromatic ring is 1. The summed E-state index contributed by atoms with van der Waals surface area (Å²) >= 11 is 0. The summed E-state index contributed by atoms with van der Waals surface area (Å²) in [5.41, 5.74) is 7.80. The highest BCUT2D eigenvalue weighted by atomic mass is 19.1. The number of rotatable bonds is 3. The molecule has 0 unspecified atom stereocenters. The third-order valence-electron chi connectivity index (χ3n) is 2.77. The summed E-state index contributed by atoms with van der Waals surface area (Å²) in [6.45, 7) is 1.84. The average Bonchev–Trinajstić information content (AvgIpc) is 2.34. The van der Waals surface area contributed by atoms with Crippen molar-refractivity contribution >= 4 is 11.5 Å². The Bertz CT molecular complexity index is 596. The van der Waals surface area contributed by atoms with Crippen molar-refractivity contribution in [3.05, 3.63) is 59.2 Å². The van der Waals surface area contributed by atoms with E-state index in [1.165, 1.54) is 18.3 Å². The zero-order chi connectivity index (χ0) is 13.1. The van der Waals surface area contributed by atoms with Crippen LogP contribution in [0.25, 0.3) is 0 Å². The van der Waals surface area contributed by atoms with E-state index in [0.29, 0.717) is 11.3 Å². The minimum atomic E-state index is -0.350. The van der Waals surface area contributed by atoms with E-state index >= 15 is 0 Å². The molecule has 18 heavy (non-hydrogen) atoms. The molecule has 0 atom stereocenters. The summed E-state index contributed by atoms with van der Waals surface area (Å²) in [7, 11) is 0. The van der Waals surface area contributed by atoms with Gasteiger partial charge in [-0.3, -0.25) is 9.78 Å². The number of hydrogen-bond acceptors (Lipinski definition) is 3. The maximum Gasteiger partial charge on any atom is 0.187 e. The fourth-order valence-electron chi connectivity index (χ4n) is 1.74. The van der Waals surface area contributed by atoms with Gasteiger partial charge in [0.05, 0.1) is 5.69 Å². The second kappa shape index (κ2) is 4.96. The first kappa shape index (κ1) is 12.2. The van der Waals surface area contributed by atoms with E-state index in [9.17, 15) is 9.18 Å². The normalized spacial score (nSPS) is 10.3. The van der Waals surface area contributed by atoms with Crippen molar-refractivity contribution in [1.29, 1.82) is 0 Å². The first-order valence-electron chi connectivity index (χ1n) is 5.56. The number of carbonyl (C=O) groups is 1. The topological polar surface area (TPSA) is 56.0 Å². The number of Topliss-reactive ketones (excluding diaryl/α,β-unsaturated/α-hetero) is 1. The Kier molecular flexibility index (Phi) is 3.37. The second-order valence-corrected chi connectivity index (χ2v) is 4.11. The van der Waals surface area contributed by atoms with Crippen LogP contribution < -0.4 is 5.73 Å². The van der Waals surface area contributed by atoms with Gasteiger partial charge in [-0.25, -0.2) is 4.39 Å². The number of carbonyl (C=O) groups excluding carboxylic acids is 1. The Morgan fingerprint density at radius 1 is 1.39 bits per heavy atom. The van der Waals surface area contributed by atoms with Gasteiger partial charge >= 0.3 is 0 Å². The molecule has 0 bridgehead atoms. The van der Waals surface area contributed by atoms with Crippen molar-refractivity contribution in [2.75, 3.05) is 5.73 Å². The summed E-state index contributed by atoms with van der Waals surface area (Å²) in [4.78, 5) is 16.0. The Labute approximate surface area is 104 Å². The quantitative estimate of drug-likeness (QED) is 0.844. The molecule has 0 fully saturated rings. The Morgan fingerprint density at radius 3 is 2.89 bits per heavy atom. The van der Waals surface area contributed by atoms with Crippen molar-refractivity contribution in [2.45, 2.75) is 13.3 Å². The standard InChI is InChI=1S/C14H13FN2O/c1-9-4-5-11(15)7-10(9)8-13(18)14-12(16)3-2-6-17-14/h2-7H,8,16H2,1H3. The smallest absolute Gasteiger partial charge is 0.187 e. The Morgan fingerprint density at radius 2 is 2.17 bits per heavy atom. The number of nitrogens with two attached hydrogens (primary N) is 1. The zero-order valence-electron chi connectivity index (χ0n) is 9.98. The van der Waals surface area contributed by atoms with Crippen LogP contribution in [-0.4, -0.2) is 10.8 Å². The highest BCUT2D eigenvalue weighted by molar-refractivity contribution is 6.00. The van der Waals surface area contributed by atoms with Gasteiger partial charge in [0, 0.05) is 12.6 Å². The molecule has 4 heteroatoms. The number of anilines is 1. The molecular formula is C14H13FN2O. The van der Waals surface area contributed by atoms with Gasteiger partial charge in [-0.05, 0) is 42.3 Å². The largest absolute Gasteiger partial charge is 0.397 e. The van der Waals surface area contributed by atoms with Crippen LogP contribution in [0.2, 0.25) is 0 Å². The van der Waals surface area contributed by atoms with Gasteiger partial charge in [0.2, 0.25) is 0 Å². The fourth-order valence-corrected chi connectivity index (χ4v) is 1.74. The van der Waals surface area contributed by atoms with Crippen LogP contribution in [0.1, 0.15) is 21.6 Å². The van der Waals surface area contributed by atoms with E-state index in [0.717, 1.165) is 5.56 Å². The van der Waals surface area contributed by atoms with Crippen molar-refractivity contribution in [2.24, 2.45) is 0 Å². The lowest BCUT2D eigenvalue weighted by molar-refractivity contribution is 0.0989. The van der Waals surface area contributed by atoms with Gasteiger partial charge in [-0.15, -0.1) is 0 Å². The van der Waals surface area contributed by atoms with Crippen molar-refractivity contribution in [1.82, 2.24) is 4.98 Å². The predicted octanol–water partition coefficient (Wildman–Crippen LogP) is 2.54. The maximum atomic E-state index is 13.1. The van der Waals surface area contributed by atoms with E-state index in [4.69, 9.17) is 5.73 Å². The van der Waals surface area contributed by atoms with Crippen LogP contribution in [0.3, 0.4) is 0 Å². The van der Waals surface area contributed by atoms with Crippen molar-refractivity contribution in [3.63, 3.8) is 0 Å². The van der Waals surface area contributed by atoms with Crippen LogP contribution >= 0.6 is 0 Å². The Hall–Kier alpha value is -2.23. The lowest BCUT2D eigenvalue weighted by Crippen LogP contribution is -2.10. The third kappa shape index (κ3) is 2.53. The molecule has 0 radical (unpaired) electrons.